The normalized spacial score (nSPS) is 14.5. The van der Waals surface area contributed by atoms with Gasteiger partial charge >= 0.3 is 22.7 Å². The number of aliphatic carboxylic acids is 2. The fourth-order valence-electron chi connectivity index (χ4n) is 7.63. The van der Waals surface area contributed by atoms with Gasteiger partial charge in [0, 0.05) is 36.4 Å². The van der Waals surface area contributed by atoms with E-state index in [1.807, 2.05) is 0 Å². The SMILES string of the molecule is CSCC[C@H](NC(=O)[C@@H](Cc1ccc(O[S+](=O)([O-])O)cc1)NC(=O)[C@H](N)CC(=O)O)C(=O)NCC(=O)N[C@@H](Cc1c[nH]c2ccccc12)C(=O)N[C@H](CCSC)C(=O)N[C@H](CC(=O)O)C(=O)N[C@@H](Cc1ccccc1)C(N)=O. The van der Waals surface area contributed by atoms with Crippen molar-refractivity contribution in [1.82, 2.24) is 42.2 Å². The molecule has 4 aromatic rings. The zero-order valence-electron chi connectivity index (χ0n) is 42.2. The first-order chi connectivity index (χ1) is 37.0. The quantitative estimate of drug-likeness (QED) is 0.0251. The number of thioether (sulfide) groups is 2. The molecule has 0 aliphatic rings. The molecular formula is C49H62N10O16S3. The molecule has 0 fully saturated rings. The zero-order valence-corrected chi connectivity index (χ0v) is 44.7. The van der Waals surface area contributed by atoms with Crippen LogP contribution in [0.25, 0.3) is 10.9 Å². The maximum absolute atomic E-state index is 14.3. The number of rotatable bonds is 33. The van der Waals surface area contributed by atoms with E-state index in [-0.39, 0.29) is 43.6 Å². The number of para-hydroxylation sites is 1. The molecule has 0 radical (unpaired) electrons. The summed E-state index contributed by atoms with van der Waals surface area (Å²) in [6.45, 7) is -0.761. The Bertz CT molecular complexity index is 2800. The molecule has 0 saturated carbocycles. The zero-order chi connectivity index (χ0) is 57.5. The Morgan fingerprint density at radius 3 is 1.68 bits per heavy atom. The van der Waals surface area contributed by atoms with Crippen molar-refractivity contribution >= 4 is 104 Å². The van der Waals surface area contributed by atoms with Gasteiger partial charge < -0.3 is 68.4 Å². The third-order valence-electron chi connectivity index (χ3n) is 11.5. The highest BCUT2D eigenvalue weighted by Crippen LogP contribution is 2.20. The van der Waals surface area contributed by atoms with Gasteiger partial charge in [-0.05, 0) is 76.0 Å². The van der Waals surface area contributed by atoms with Crippen LogP contribution in [-0.4, -0.2) is 156 Å². The largest absolute Gasteiger partial charge is 0.548 e. The molecule has 4 rings (SSSR count). The average Bonchev–Trinajstić information content (AvgIpc) is 3.80. The number of amides is 8. The molecule has 78 heavy (non-hydrogen) atoms. The first-order valence-corrected chi connectivity index (χ1v) is 28.0. The van der Waals surface area contributed by atoms with Gasteiger partial charge in [-0.2, -0.15) is 28.1 Å². The summed E-state index contributed by atoms with van der Waals surface area (Å²) in [5.74, 6) is -10.2. The van der Waals surface area contributed by atoms with Crippen molar-refractivity contribution in [3.63, 3.8) is 0 Å². The molecule has 8 atom stereocenters. The summed E-state index contributed by atoms with van der Waals surface area (Å²) in [7, 11) is -4.87. The number of carboxylic acids is 2. The molecule has 0 spiro atoms. The van der Waals surface area contributed by atoms with Gasteiger partial charge in [0.15, 0.2) is 5.75 Å². The van der Waals surface area contributed by atoms with Gasteiger partial charge in [-0.1, -0.05) is 60.7 Å². The Kier molecular flexibility index (Phi) is 25.0. The van der Waals surface area contributed by atoms with Crippen LogP contribution in [0, 0.1) is 0 Å². The highest BCUT2D eigenvalue weighted by atomic mass is 32.3. The van der Waals surface area contributed by atoms with Crippen LogP contribution >= 0.6 is 23.5 Å². The van der Waals surface area contributed by atoms with Gasteiger partial charge in [-0.3, -0.25) is 52.1 Å². The van der Waals surface area contributed by atoms with Crippen LogP contribution in [-0.2, 0) is 82.2 Å². The summed E-state index contributed by atoms with van der Waals surface area (Å²) in [6.07, 6.45) is 2.78. The molecule has 26 nitrogen and oxygen atoms in total. The molecule has 0 aliphatic heterocycles. The molecule has 1 aromatic heterocycles. The number of aromatic nitrogens is 1. The second-order valence-corrected chi connectivity index (χ2v) is 20.5. The van der Waals surface area contributed by atoms with E-state index in [1.54, 1.807) is 73.3 Å². The van der Waals surface area contributed by atoms with Gasteiger partial charge in [0.25, 0.3) is 0 Å². The van der Waals surface area contributed by atoms with Gasteiger partial charge in [-0.25, -0.2) is 0 Å². The number of carbonyl (C=O) groups excluding carboxylic acids is 8. The highest BCUT2D eigenvalue weighted by molar-refractivity contribution is 7.98. The minimum atomic E-state index is -4.87. The van der Waals surface area contributed by atoms with E-state index in [9.17, 15) is 66.9 Å². The van der Waals surface area contributed by atoms with Crippen molar-refractivity contribution < 1.29 is 75.7 Å². The lowest BCUT2D eigenvalue weighted by Gasteiger charge is -2.26. The minimum Gasteiger partial charge on any atom is -0.548 e. The second-order valence-electron chi connectivity index (χ2n) is 17.5. The van der Waals surface area contributed by atoms with Crippen molar-refractivity contribution in [3.05, 3.63) is 102 Å². The van der Waals surface area contributed by atoms with Gasteiger partial charge in [0.2, 0.25) is 47.3 Å². The fourth-order valence-corrected chi connectivity index (χ4v) is 8.92. The Balaban J connectivity index is 1.54. The van der Waals surface area contributed by atoms with E-state index in [2.05, 4.69) is 46.4 Å². The smallest absolute Gasteiger partial charge is 0.378 e. The summed E-state index contributed by atoms with van der Waals surface area (Å²) in [5, 5.41) is 37.0. The number of nitrogens with one attached hydrogen (secondary N) is 8. The van der Waals surface area contributed by atoms with Gasteiger partial charge in [-0.15, -0.1) is 0 Å². The minimum absolute atomic E-state index is 0.0132. The van der Waals surface area contributed by atoms with E-state index in [4.69, 9.17) is 16.0 Å². The predicted octanol–water partition coefficient (Wildman–Crippen LogP) is -1.11. The molecule has 8 amide bonds. The van der Waals surface area contributed by atoms with Crippen molar-refractivity contribution in [3.8, 4) is 5.75 Å². The van der Waals surface area contributed by atoms with Crippen LogP contribution in [0.15, 0.2) is 85.1 Å². The number of hydrogen-bond acceptors (Lipinski definition) is 16. The third-order valence-corrected chi connectivity index (χ3v) is 13.2. The maximum Gasteiger partial charge on any atom is 0.378 e. The number of fused-ring (bicyclic) bond motifs is 1. The summed E-state index contributed by atoms with van der Waals surface area (Å²) < 4.78 is 35.8. The molecule has 3 aromatic carbocycles. The van der Waals surface area contributed by atoms with E-state index in [0.717, 1.165) is 12.1 Å². The Morgan fingerprint density at radius 1 is 0.615 bits per heavy atom. The summed E-state index contributed by atoms with van der Waals surface area (Å²) in [5.41, 5.74) is 13.5. The molecule has 0 aliphatic carbocycles. The molecule has 29 heteroatoms. The molecular weight excluding hydrogens is 1080 g/mol. The second kappa shape index (κ2) is 31.0. The number of benzene rings is 3. The Morgan fingerprint density at radius 2 is 1.10 bits per heavy atom. The maximum atomic E-state index is 14.3. The van der Waals surface area contributed by atoms with Crippen LogP contribution < -0.4 is 52.9 Å². The first-order valence-electron chi connectivity index (χ1n) is 23.9. The molecule has 1 heterocycles. The van der Waals surface area contributed by atoms with E-state index in [1.165, 1.54) is 35.7 Å². The lowest BCUT2D eigenvalue weighted by Crippen LogP contribution is -2.59. The number of nitrogens with two attached hydrogens (primary N) is 2. The standard InChI is InChI=1S/C49H62N10O16S3/c1-76-18-16-34(55-47(69)37(58-44(66)32(50)23-41(61)62)21-28-12-14-30(15-13-28)75-78(72,73)74)45(67)53-26-40(60)54-38(22-29-25-52-33-11-7-6-10-31(29)33)48(70)56-35(17-19-77-2)46(68)59-39(24-42(63)64)49(71)57-36(43(51)65)20-27-8-4-3-5-9-27/h3-15,25,32,34-39,52H,16-24,26,50H2,1-2H3,(H12-,51,53,54,55,56,57,58,59,60,61,62,63,64,65,66,67,68,69,70,71,72,73,74)/t32-,34+,35-,36+,37-,38+,39-/m1/s1. The lowest BCUT2D eigenvalue weighted by atomic mass is 10.0. The van der Waals surface area contributed by atoms with Crippen LogP contribution in [0.2, 0.25) is 0 Å². The Labute approximate surface area is 457 Å². The first kappa shape index (κ1) is 63.0. The number of primary amides is 1. The van der Waals surface area contributed by atoms with Crippen molar-refractivity contribution in [1.29, 1.82) is 0 Å². The van der Waals surface area contributed by atoms with E-state index < -0.39 is 132 Å². The van der Waals surface area contributed by atoms with E-state index >= 15 is 0 Å². The van der Waals surface area contributed by atoms with Crippen molar-refractivity contribution in [2.45, 2.75) is 87.2 Å². The number of H-pyrrole nitrogens is 1. The third kappa shape index (κ3) is 21.5. The number of aromatic amines is 1. The predicted molar refractivity (Wildman–Crippen MR) is 287 cm³/mol. The lowest BCUT2D eigenvalue weighted by molar-refractivity contribution is -0.141. The van der Waals surface area contributed by atoms with Crippen molar-refractivity contribution in [2.75, 3.05) is 30.6 Å². The van der Waals surface area contributed by atoms with Crippen LogP contribution in [0.5, 0.6) is 5.75 Å². The molecule has 15 N–H and O–H groups in total. The molecule has 0 bridgehead atoms. The van der Waals surface area contributed by atoms with Crippen LogP contribution in [0.4, 0.5) is 0 Å². The van der Waals surface area contributed by atoms with Gasteiger partial charge in [0.1, 0.15) is 36.3 Å². The summed E-state index contributed by atoms with van der Waals surface area (Å²) >= 11 is 2.61. The number of carbonyl (C=O) groups is 10. The fraction of sp³-hybridized carbons (Fsp3) is 0.388. The van der Waals surface area contributed by atoms with Crippen molar-refractivity contribution in [2.24, 2.45) is 11.5 Å². The summed E-state index contributed by atoms with van der Waals surface area (Å²) in [6, 6.07) is 10.2. The average molecular weight is 1140 g/mol. The summed E-state index contributed by atoms with van der Waals surface area (Å²) in [4.78, 5) is 135. The van der Waals surface area contributed by atoms with E-state index in [0.29, 0.717) is 33.3 Å². The number of hydrogen-bond donors (Lipinski definition) is 13. The van der Waals surface area contributed by atoms with Crippen LogP contribution in [0.1, 0.15) is 42.4 Å². The van der Waals surface area contributed by atoms with Crippen LogP contribution in [0.3, 0.4) is 0 Å². The monoisotopic (exact) mass is 1140 g/mol. The highest BCUT2D eigenvalue weighted by Gasteiger charge is 2.34. The van der Waals surface area contributed by atoms with Gasteiger partial charge in [0.05, 0.1) is 25.4 Å². The topological polar surface area (TPSA) is 433 Å². The molecule has 0 saturated heterocycles. The Hall–Kier alpha value is -7.57. The number of carboxylic acid groups (broad SMARTS) is 2. The molecule has 422 valence electrons. The molecule has 1 unspecified atom stereocenters.